The zero-order chi connectivity index (χ0) is 11.9. The second kappa shape index (κ2) is 5.77. The van der Waals surface area contributed by atoms with Crippen molar-refractivity contribution < 1.29 is 9.09 Å². The molecule has 82 valence electrons. The van der Waals surface area contributed by atoms with Crippen molar-refractivity contribution in [3.8, 4) is 12.4 Å². The molecular weight excluding hydrogens is 227 g/mol. The number of nitrogens with one attached hydrogen (secondary N) is 2. The molecule has 0 saturated carbocycles. The Labute approximate surface area is 93.0 Å². The number of hydrogen-bond acceptors (Lipinski definition) is 4. The van der Waals surface area contributed by atoms with E-state index >= 15 is 0 Å². The molecule has 0 unspecified atom stereocenters. The van der Waals surface area contributed by atoms with Gasteiger partial charge in [-0.15, -0.1) is 0 Å². The van der Waals surface area contributed by atoms with Crippen LogP contribution >= 0.6 is 7.67 Å². The molecule has 1 aromatic carbocycles. The smallest absolute Gasteiger partial charge is 0.292 e. The molecule has 7 heteroatoms. The first-order chi connectivity index (χ1) is 7.70. The van der Waals surface area contributed by atoms with Gasteiger partial charge in [0.25, 0.3) is 0 Å². The van der Waals surface area contributed by atoms with Gasteiger partial charge in [-0.05, 0) is 5.56 Å². The first-order valence-corrected chi connectivity index (χ1v) is 5.94. The molecule has 0 bridgehead atoms. The molecule has 6 nitrogen and oxygen atoms in total. The summed E-state index contributed by atoms with van der Waals surface area (Å²) in [6, 6.07) is 9.01. The van der Waals surface area contributed by atoms with E-state index in [-0.39, 0.29) is 6.61 Å². The van der Waals surface area contributed by atoms with E-state index < -0.39 is 7.67 Å². The summed E-state index contributed by atoms with van der Waals surface area (Å²) in [4.78, 5) is 0. The van der Waals surface area contributed by atoms with Crippen LogP contribution in [-0.4, -0.2) is 0 Å². The van der Waals surface area contributed by atoms with Crippen molar-refractivity contribution in [1.29, 1.82) is 10.5 Å². The first kappa shape index (κ1) is 12.1. The third-order valence-electron chi connectivity index (χ3n) is 1.65. The fourth-order valence-corrected chi connectivity index (χ4v) is 1.74. The molecule has 1 aromatic rings. The maximum absolute atomic E-state index is 11.7. The minimum absolute atomic E-state index is 0.0431. The molecule has 0 radical (unpaired) electrons. The van der Waals surface area contributed by atoms with E-state index in [2.05, 4.69) is 0 Å². The molecule has 0 amide bonds. The minimum Gasteiger partial charge on any atom is -0.292 e. The van der Waals surface area contributed by atoms with E-state index in [4.69, 9.17) is 15.0 Å². The SMILES string of the molecule is N#CNP(=O)(NC#N)OCc1ccccc1. The van der Waals surface area contributed by atoms with E-state index in [1.54, 1.807) is 24.3 Å². The van der Waals surface area contributed by atoms with Crippen LogP contribution in [0.4, 0.5) is 0 Å². The van der Waals surface area contributed by atoms with Crippen molar-refractivity contribution >= 4 is 7.67 Å². The number of rotatable bonds is 5. The normalized spacial score (nSPS) is 9.88. The molecule has 0 spiro atoms. The Kier molecular flexibility index (Phi) is 4.35. The second-order valence-electron chi connectivity index (χ2n) is 2.76. The zero-order valence-corrected chi connectivity index (χ0v) is 9.15. The number of nitrogens with zero attached hydrogens (tertiary/aromatic N) is 2. The van der Waals surface area contributed by atoms with Gasteiger partial charge in [0.2, 0.25) is 0 Å². The summed E-state index contributed by atoms with van der Waals surface area (Å²) in [5.41, 5.74) is 0.794. The zero-order valence-electron chi connectivity index (χ0n) is 8.25. The molecule has 0 aliphatic heterocycles. The molecule has 0 atom stereocenters. The molecule has 0 aliphatic carbocycles. The Balaban J connectivity index is 2.62. The third-order valence-corrected chi connectivity index (χ3v) is 2.93. The summed E-state index contributed by atoms with van der Waals surface area (Å²) in [5.74, 6) is 0. The lowest BCUT2D eigenvalue weighted by atomic mass is 10.2. The van der Waals surface area contributed by atoms with Gasteiger partial charge < -0.3 is 0 Å². The monoisotopic (exact) mass is 236 g/mol. The Bertz CT molecular complexity index is 443. The van der Waals surface area contributed by atoms with Crippen molar-refractivity contribution in [2.75, 3.05) is 0 Å². The van der Waals surface area contributed by atoms with Gasteiger partial charge in [0.1, 0.15) is 0 Å². The van der Waals surface area contributed by atoms with E-state index in [0.29, 0.717) is 0 Å². The average Bonchev–Trinajstić information content (AvgIpc) is 2.29. The van der Waals surface area contributed by atoms with Gasteiger partial charge in [-0.1, -0.05) is 30.3 Å². The Hall–Kier alpha value is -2.01. The maximum atomic E-state index is 11.7. The van der Waals surface area contributed by atoms with Crippen LogP contribution < -0.4 is 10.2 Å². The Morgan fingerprint density at radius 1 is 1.19 bits per heavy atom. The van der Waals surface area contributed by atoms with Crippen LogP contribution in [0.25, 0.3) is 0 Å². The standard InChI is InChI=1S/C9H9N4O2P/c10-7-12-16(14,13-8-11)15-6-9-4-2-1-3-5-9/h1-5H,6H2,(H2,12,13,14). The van der Waals surface area contributed by atoms with Gasteiger partial charge in [-0.25, -0.2) is 14.7 Å². The van der Waals surface area contributed by atoms with Gasteiger partial charge in [0, 0.05) is 0 Å². The van der Waals surface area contributed by atoms with Crippen LogP contribution in [0.1, 0.15) is 5.56 Å². The van der Waals surface area contributed by atoms with Crippen LogP contribution in [0.15, 0.2) is 30.3 Å². The Morgan fingerprint density at radius 3 is 2.25 bits per heavy atom. The lowest BCUT2D eigenvalue weighted by molar-refractivity contribution is 0.295. The fraction of sp³-hybridized carbons (Fsp3) is 0.111. The number of benzene rings is 1. The number of hydrogen-bond donors (Lipinski definition) is 2. The van der Waals surface area contributed by atoms with Crippen molar-refractivity contribution in [3.05, 3.63) is 35.9 Å². The highest BCUT2D eigenvalue weighted by molar-refractivity contribution is 7.55. The summed E-state index contributed by atoms with van der Waals surface area (Å²) >= 11 is 0. The fourth-order valence-electron chi connectivity index (χ4n) is 0.964. The highest BCUT2D eigenvalue weighted by atomic mass is 31.2. The number of nitriles is 2. The predicted molar refractivity (Wildman–Crippen MR) is 56.3 cm³/mol. The van der Waals surface area contributed by atoms with Gasteiger partial charge >= 0.3 is 7.67 Å². The quantitative estimate of drug-likeness (QED) is 0.456. The molecule has 0 saturated heterocycles. The summed E-state index contributed by atoms with van der Waals surface area (Å²) < 4.78 is 16.7. The van der Waals surface area contributed by atoms with E-state index in [1.807, 2.05) is 16.2 Å². The van der Waals surface area contributed by atoms with Crippen LogP contribution in [-0.2, 0) is 15.7 Å². The van der Waals surface area contributed by atoms with Crippen molar-refractivity contribution in [3.63, 3.8) is 0 Å². The first-order valence-electron chi connectivity index (χ1n) is 4.31. The van der Waals surface area contributed by atoms with Gasteiger partial charge in [0.15, 0.2) is 12.4 Å². The summed E-state index contributed by atoms with van der Waals surface area (Å²) in [5, 5.41) is 20.6. The molecule has 0 aromatic heterocycles. The molecule has 0 fully saturated rings. The lowest BCUT2D eigenvalue weighted by Gasteiger charge is -2.13. The van der Waals surface area contributed by atoms with Crippen molar-refractivity contribution in [2.24, 2.45) is 0 Å². The van der Waals surface area contributed by atoms with Crippen molar-refractivity contribution in [1.82, 2.24) is 10.2 Å². The predicted octanol–water partition coefficient (Wildman–Crippen LogP) is 1.45. The largest absolute Gasteiger partial charge is 0.409 e. The molecular formula is C9H9N4O2P. The van der Waals surface area contributed by atoms with Crippen LogP contribution in [0, 0.1) is 22.9 Å². The third kappa shape index (κ3) is 3.62. The molecule has 2 N–H and O–H groups in total. The van der Waals surface area contributed by atoms with Gasteiger partial charge in [0.05, 0.1) is 6.61 Å². The van der Waals surface area contributed by atoms with Crippen LogP contribution in [0.2, 0.25) is 0 Å². The van der Waals surface area contributed by atoms with E-state index in [9.17, 15) is 4.57 Å². The van der Waals surface area contributed by atoms with Gasteiger partial charge in [-0.3, -0.25) is 4.52 Å². The lowest BCUT2D eigenvalue weighted by Crippen LogP contribution is -2.16. The highest BCUT2D eigenvalue weighted by Gasteiger charge is 2.21. The van der Waals surface area contributed by atoms with E-state index in [1.165, 1.54) is 12.4 Å². The molecule has 0 heterocycles. The molecule has 1 rings (SSSR count). The molecule has 16 heavy (non-hydrogen) atoms. The summed E-state index contributed by atoms with van der Waals surface area (Å²) in [7, 11) is -3.61. The minimum atomic E-state index is -3.61. The van der Waals surface area contributed by atoms with Crippen LogP contribution in [0.5, 0.6) is 0 Å². The van der Waals surface area contributed by atoms with E-state index in [0.717, 1.165) is 5.56 Å². The molecule has 0 aliphatic rings. The topological polar surface area (TPSA) is 97.9 Å². The van der Waals surface area contributed by atoms with Gasteiger partial charge in [-0.2, -0.15) is 10.5 Å². The summed E-state index contributed by atoms with van der Waals surface area (Å²) in [6.45, 7) is 0.0431. The highest BCUT2D eigenvalue weighted by Crippen LogP contribution is 2.37. The average molecular weight is 236 g/mol. The summed E-state index contributed by atoms with van der Waals surface area (Å²) in [6.07, 6.45) is 2.96. The second-order valence-corrected chi connectivity index (χ2v) is 4.57. The maximum Gasteiger partial charge on any atom is 0.409 e. The van der Waals surface area contributed by atoms with Crippen molar-refractivity contribution in [2.45, 2.75) is 6.61 Å². The Morgan fingerprint density at radius 2 is 1.75 bits per heavy atom. The van der Waals surface area contributed by atoms with Crippen LogP contribution in [0.3, 0.4) is 0 Å².